The van der Waals surface area contributed by atoms with E-state index in [4.69, 9.17) is 10.5 Å². The Morgan fingerprint density at radius 2 is 2.07 bits per heavy atom. The van der Waals surface area contributed by atoms with Crippen molar-refractivity contribution in [3.63, 3.8) is 0 Å². The zero-order valence-corrected chi connectivity index (χ0v) is 16.7. The minimum atomic E-state index is -0.614. The predicted molar refractivity (Wildman–Crippen MR) is 105 cm³/mol. The van der Waals surface area contributed by atoms with Crippen molar-refractivity contribution in [2.45, 2.75) is 25.7 Å². The fraction of sp³-hybridized carbons (Fsp3) is 0.526. The van der Waals surface area contributed by atoms with Gasteiger partial charge in [0.05, 0.1) is 13.0 Å². The number of amides is 2. The molecule has 3 N–H and O–H groups in total. The molecule has 2 amide bonds. The van der Waals surface area contributed by atoms with Gasteiger partial charge in [-0.05, 0) is 31.0 Å². The third kappa shape index (κ3) is 6.45. The third-order valence-electron chi connectivity index (χ3n) is 4.63. The lowest BCUT2D eigenvalue weighted by Crippen LogP contribution is -2.46. The molecule has 0 aliphatic carbocycles. The standard InChI is InChI=1S/C19H26FN3O4.ClH/c1-27-17-6-4-13(11-15(17)20)16(24)5-7-18(25)23-10-2-3-14(12-23)19(26)22-9-8-21;/h4,6,11,14H,2-3,5,7-10,12,21H2,1H3,(H,22,26);1H. The molecular formula is C19H27ClFN3O4. The van der Waals surface area contributed by atoms with Gasteiger partial charge in [0.25, 0.3) is 0 Å². The van der Waals surface area contributed by atoms with Crippen molar-refractivity contribution in [2.24, 2.45) is 11.7 Å². The van der Waals surface area contributed by atoms with Crippen molar-refractivity contribution >= 4 is 30.0 Å². The Morgan fingerprint density at radius 1 is 1.32 bits per heavy atom. The van der Waals surface area contributed by atoms with Crippen LogP contribution in [0.5, 0.6) is 5.75 Å². The molecule has 1 saturated heterocycles. The Labute approximate surface area is 170 Å². The van der Waals surface area contributed by atoms with E-state index in [9.17, 15) is 18.8 Å². The lowest BCUT2D eigenvalue weighted by atomic mass is 9.96. The highest BCUT2D eigenvalue weighted by Crippen LogP contribution is 2.20. The van der Waals surface area contributed by atoms with E-state index >= 15 is 0 Å². The number of piperidine rings is 1. The van der Waals surface area contributed by atoms with Gasteiger partial charge in [-0.3, -0.25) is 14.4 Å². The van der Waals surface area contributed by atoms with Gasteiger partial charge in [0.1, 0.15) is 0 Å². The summed E-state index contributed by atoms with van der Waals surface area (Å²) in [5.41, 5.74) is 5.59. The van der Waals surface area contributed by atoms with E-state index in [2.05, 4.69) is 5.32 Å². The van der Waals surface area contributed by atoms with Crippen LogP contribution in [0.25, 0.3) is 0 Å². The first-order valence-corrected chi connectivity index (χ1v) is 9.08. The van der Waals surface area contributed by atoms with Crippen LogP contribution in [-0.4, -0.2) is 55.8 Å². The van der Waals surface area contributed by atoms with Crippen LogP contribution in [0.2, 0.25) is 0 Å². The number of likely N-dealkylation sites (tertiary alicyclic amines) is 1. The molecule has 1 fully saturated rings. The first-order chi connectivity index (χ1) is 13.0. The van der Waals surface area contributed by atoms with Crippen molar-refractivity contribution in [2.75, 3.05) is 33.3 Å². The van der Waals surface area contributed by atoms with Crippen LogP contribution in [0.1, 0.15) is 36.0 Å². The summed E-state index contributed by atoms with van der Waals surface area (Å²) in [6.45, 7) is 1.71. The summed E-state index contributed by atoms with van der Waals surface area (Å²) >= 11 is 0. The molecule has 1 aromatic rings. The number of benzene rings is 1. The minimum Gasteiger partial charge on any atom is -0.494 e. The summed E-state index contributed by atoms with van der Waals surface area (Å²) in [6.07, 6.45) is 1.49. The van der Waals surface area contributed by atoms with Gasteiger partial charge in [0.2, 0.25) is 11.8 Å². The van der Waals surface area contributed by atoms with E-state index in [1.807, 2.05) is 0 Å². The van der Waals surface area contributed by atoms with Crippen molar-refractivity contribution in [3.8, 4) is 5.75 Å². The Balaban J connectivity index is 0.00000392. The number of hydrogen-bond acceptors (Lipinski definition) is 5. The molecule has 1 aliphatic rings. The summed E-state index contributed by atoms with van der Waals surface area (Å²) in [5, 5.41) is 2.75. The van der Waals surface area contributed by atoms with Crippen LogP contribution < -0.4 is 15.8 Å². The van der Waals surface area contributed by atoms with Gasteiger partial charge >= 0.3 is 0 Å². The number of ketones is 1. The van der Waals surface area contributed by atoms with Gasteiger partial charge in [-0.15, -0.1) is 12.4 Å². The summed E-state index contributed by atoms with van der Waals surface area (Å²) in [4.78, 5) is 38.3. The number of nitrogens with zero attached hydrogens (tertiary/aromatic N) is 1. The van der Waals surface area contributed by atoms with Crippen LogP contribution in [-0.2, 0) is 9.59 Å². The maximum absolute atomic E-state index is 13.7. The number of nitrogens with one attached hydrogen (secondary N) is 1. The third-order valence-corrected chi connectivity index (χ3v) is 4.63. The molecule has 0 bridgehead atoms. The Kier molecular flexibility index (Phi) is 9.89. The number of methoxy groups -OCH3 is 1. The summed E-state index contributed by atoms with van der Waals surface area (Å²) in [6, 6.07) is 3.98. The molecular weight excluding hydrogens is 389 g/mol. The molecule has 0 radical (unpaired) electrons. The number of hydrogen-bond donors (Lipinski definition) is 2. The van der Waals surface area contributed by atoms with E-state index in [1.54, 1.807) is 4.90 Å². The zero-order chi connectivity index (χ0) is 19.8. The van der Waals surface area contributed by atoms with Crippen molar-refractivity contribution in [3.05, 3.63) is 29.6 Å². The molecule has 1 unspecified atom stereocenters. The molecule has 2 rings (SSSR count). The molecule has 28 heavy (non-hydrogen) atoms. The lowest BCUT2D eigenvalue weighted by molar-refractivity contribution is -0.135. The predicted octanol–water partition coefficient (Wildman–Crippen LogP) is 1.53. The van der Waals surface area contributed by atoms with Crippen molar-refractivity contribution < 1.29 is 23.5 Å². The topological polar surface area (TPSA) is 102 Å². The summed E-state index contributed by atoms with van der Waals surface area (Å²) in [7, 11) is 1.35. The minimum absolute atomic E-state index is 0. The number of halogens is 2. The Bertz CT molecular complexity index is 702. The zero-order valence-electron chi connectivity index (χ0n) is 15.9. The fourth-order valence-electron chi connectivity index (χ4n) is 3.12. The second-order valence-electron chi connectivity index (χ2n) is 6.53. The van der Waals surface area contributed by atoms with Gasteiger partial charge in [0.15, 0.2) is 17.3 Å². The quantitative estimate of drug-likeness (QED) is 0.627. The van der Waals surface area contributed by atoms with Crippen LogP contribution in [0.3, 0.4) is 0 Å². The molecule has 1 aromatic carbocycles. The van der Waals surface area contributed by atoms with E-state index in [-0.39, 0.29) is 60.1 Å². The second kappa shape index (κ2) is 11.6. The Hall–Kier alpha value is -2.19. The first-order valence-electron chi connectivity index (χ1n) is 9.08. The molecule has 9 heteroatoms. The monoisotopic (exact) mass is 415 g/mol. The average Bonchev–Trinajstić information content (AvgIpc) is 2.69. The molecule has 0 spiro atoms. The SMILES string of the molecule is COc1ccc(C(=O)CCC(=O)N2CCCC(C(=O)NCCN)C2)cc1F.Cl. The first kappa shape index (κ1) is 23.8. The summed E-state index contributed by atoms with van der Waals surface area (Å²) < 4.78 is 18.5. The highest BCUT2D eigenvalue weighted by molar-refractivity contribution is 5.98. The van der Waals surface area contributed by atoms with E-state index in [0.29, 0.717) is 26.2 Å². The molecule has 1 aliphatic heterocycles. The van der Waals surface area contributed by atoms with Gasteiger partial charge in [-0.25, -0.2) is 4.39 Å². The van der Waals surface area contributed by atoms with Crippen molar-refractivity contribution in [1.82, 2.24) is 10.2 Å². The number of carbonyl (C=O) groups is 3. The maximum Gasteiger partial charge on any atom is 0.224 e. The van der Waals surface area contributed by atoms with E-state index < -0.39 is 5.82 Å². The largest absolute Gasteiger partial charge is 0.494 e. The smallest absolute Gasteiger partial charge is 0.224 e. The summed E-state index contributed by atoms with van der Waals surface area (Å²) in [5.74, 6) is -1.37. The Morgan fingerprint density at radius 3 is 2.71 bits per heavy atom. The average molecular weight is 416 g/mol. The lowest BCUT2D eigenvalue weighted by Gasteiger charge is -2.32. The van der Waals surface area contributed by atoms with E-state index in [0.717, 1.165) is 18.9 Å². The van der Waals surface area contributed by atoms with Crippen LogP contribution in [0.15, 0.2) is 18.2 Å². The van der Waals surface area contributed by atoms with Crippen LogP contribution in [0.4, 0.5) is 4.39 Å². The molecule has 1 heterocycles. The highest BCUT2D eigenvalue weighted by atomic mass is 35.5. The molecule has 0 saturated carbocycles. The van der Waals surface area contributed by atoms with Gasteiger partial charge in [-0.1, -0.05) is 0 Å². The number of rotatable bonds is 8. The van der Waals surface area contributed by atoms with Crippen LogP contribution >= 0.6 is 12.4 Å². The van der Waals surface area contributed by atoms with Gasteiger partial charge < -0.3 is 20.7 Å². The van der Waals surface area contributed by atoms with Crippen LogP contribution in [0, 0.1) is 11.7 Å². The normalized spacial score (nSPS) is 16.1. The number of Topliss-reactive ketones (excluding diaryl/α,β-unsaturated/α-hetero) is 1. The van der Waals surface area contributed by atoms with Crippen molar-refractivity contribution in [1.29, 1.82) is 0 Å². The molecule has 0 aromatic heterocycles. The fourth-order valence-corrected chi connectivity index (χ4v) is 3.12. The van der Waals surface area contributed by atoms with E-state index in [1.165, 1.54) is 19.2 Å². The molecule has 7 nitrogen and oxygen atoms in total. The number of ether oxygens (including phenoxy) is 1. The number of nitrogens with two attached hydrogens (primary N) is 1. The highest BCUT2D eigenvalue weighted by Gasteiger charge is 2.28. The molecule has 1 atom stereocenters. The maximum atomic E-state index is 13.7. The second-order valence-corrected chi connectivity index (χ2v) is 6.53. The molecule has 156 valence electrons. The van der Waals surface area contributed by atoms with Gasteiger partial charge in [0, 0.05) is 44.6 Å². The number of carbonyl (C=O) groups excluding carboxylic acids is 3. The van der Waals surface area contributed by atoms with Gasteiger partial charge in [-0.2, -0.15) is 0 Å².